The van der Waals surface area contributed by atoms with E-state index in [1.165, 1.54) is 0 Å². The van der Waals surface area contributed by atoms with Crippen LogP contribution in [0.4, 0.5) is 5.69 Å². The van der Waals surface area contributed by atoms with Gasteiger partial charge in [-0.2, -0.15) is 5.10 Å². The van der Waals surface area contributed by atoms with Crippen molar-refractivity contribution in [2.75, 3.05) is 12.4 Å². The predicted octanol–water partition coefficient (Wildman–Crippen LogP) is 4.78. The summed E-state index contributed by atoms with van der Waals surface area (Å²) in [5, 5.41) is 10.2. The van der Waals surface area contributed by atoms with Crippen molar-refractivity contribution >= 4 is 22.9 Å². The standard InChI is InChI=1S/C22H20N4O2S/c1-14-4-5-15(22-23-10-11-29-22)12-18(14)20-13-19(25-26(20)2)21(27)24-16-6-8-17(28-3)9-7-16/h4-13H,1-3H3,(H,24,27). The minimum Gasteiger partial charge on any atom is -0.497 e. The molecule has 1 N–H and O–H groups in total. The molecule has 0 saturated carbocycles. The van der Waals surface area contributed by atoms with E-state index in [-0.39, 0.29) is 5.91 Å². The molecule has 4 aromatic rings. The summed E-state index contributed by atoms with van der Waals surface area (Å²) in [5.41, 5.74) is 5.10. The van der Waals surface area contributed by atoms with Crippen molar-refractivity contribution < 1.29 is 9.53 Å². The molecule has 0 atom stereocenters. The molecule has 0 saturated heterocycles. The van der Waals surface area contributed by atoms with E-state index in [1.807, 2.05) is 25.4 Å². The number of benzene rings is 2. The number of carbonyl (C=O) groups is 1. The zero-order valence-electron chi connectivity index (χ0n) is 16.3. The molecule has 29 heavy (non-hydrogen) atoms. The summed E-state index contributed by atoms with van der Waals surface area (Å²) in [7, 11) is 3.45. The molecule has 1 amide bonds. The van der Waals surface area contributed by atoms with Crippen LogP contribution >= 0.6 is 11.3 Å². The molecule has 2 heterocycles. The second-order valence-electron chi connectivity index (χ2n) is 6.59. The Labute approximate surface area is 172 Å². The van der Waals surface area contributed by atoms with Crippen LogP contribution in [0, 0.1) is 6.92 Å². The Balaban J connectivity index is 1.62. The third-order valence-corrected chi connectivity index (χ3v) is 5.48. The van der Waals surface area contributed by atoms with Gasteiger partial charge in [0.05, 0.1) is 12.8 Å². The first-order chi connectivity index (χ1) is 14.0. The minimum atomic E-state index is -0.259. The molecule has 6 nitrogen and oxygen atoms in total. The number of amides is 1. The van der Waals surface area contributed by atoms with Crippen molar-refractivity contribution in [1.29, 1.82) is 0 Å². The fourth-order valence-corrected chi connectivity index (χ4v) is 3.73. The topological polar surface area (TPSA) is 69.0 Å². The van der Waals surface area contributed by atoms with Crippen molar-refractivity contribution in [2.24, 2.45) is 7.05 Å². The highest BCUT2D eigenvalue weighted by atomic mass is 32.1. The van der Waals surface area contributed by atoms with Crippen LogP contribution in [0.5, 0.6) is 5.75 Å². The zero-order chi connectivity index (χ0) is 20.4. The van der Waals surface area contributed by atoms with Crippen molar-refractivity contribution in [3.63, 3.8) is 0 Å². The number of methoxy groups -OCH3 is 1. The van der Waals surface area contributed by atoms with Gasteiger partial charge in [0.15, 0.2) is 5.69 Å². The van der Waals surface area contributed by atoms with Gasteiger partial charge in [0.2, 0.25) is 0 Å². The van der Waals surface area contributed by atoms with Gasteiger partial charge in [0, 0.05) is 35.4 Å². The Kier molecular flexibility index (Phi) is 5.14. The number of aryl methyl sites for hydroxylation is 2. The summed E-state index contributed by atoms with van der Waals surface area (Å²) in [4.78, 5) is 17.1. The van der Waals surface area contributed by atoms with Gasteiger partial charge in [-0.25, -0.2) is 4.98 Å². The Morgan fingerprint density at radius 1 is 1.14 bits per heavy atom. The fourth-order valence-electron chi connectivity index (χ4n) is 3.10. The number of nitrogens with zero attached hydrogens (tertiary/aromatic N) is 3. The molecule has 0 aliphatic heterocycles. The molecule has 0 fully saturated rings. The summed E-state index contributed by atoms with van der Waals surface area (Å²) in [6, 6.07) is 15.2. The molecular weight excluding hydrogens is 384 g/mol. The first-order valence-electron chi connectivity index (χ1n) is 9.05. The van der Waals surface area contributed by atoms with Gasteiger partial charge in [0.1, 0.15) is 10.8 Å². The van der Waals surface area contributed by atoms with Gasteiger partial charge in [0.25, 0.3) is 5.91 Å². The second kappa shape index (κ2) is 7.89. The Bertz CT molecular complexity index is 1150. The largest absolute Gasteiger partial charge is 0.497 e. The number of rotatable bonds is 5. The maximum atomic E-state index is 12.7. The maximum absolute atomic E-state index is 12.7. The first-order valence-corrected chi connectivity index (χ1v) is 9.93. The molecule has 4 rings (SSSR count). The Morgan fingerprint density at radius 2 is 1.93 bits per heavy atom. The number of aromatic nitrogens is 3. The van der Waals surface area contributed by atoms with E-state index in [1.54, 1.807) is 53.6 Å². The van der Waals surface area contributed by atoms with Crippen LogP contribution < -0.4 is 10.1 Å². The molecule has 146 valence electrons. The van der Waals surface area contributed by atoms with E-state index in [0.29, 0.717) is 11.4 Å². The number of hydrogen-bond acceptors (Lipinski definition) is 5. The van der Waals surface area contributed by atoms with Crippen LogP contribution in [0.25, 0.3) is 21.8 Å². The maximum Gasteiger partial charge on any atom is 0.276 e. The van der Waals surface area contributed by atoms with Crippen LogP contribution in [-0.2, 0) is 7.05 Å². The second-order valence-corrected chi connectivity index (χ2v) is 7.48. The average Bonchev–Trinajstić information content (AvgIpc) is 3.39. The van der Waals surface area contributed by atoms with E-state index in [4.69, 9.17) is 4.74 Å². The summed E-state index contributed by atoms with van der Waals surface area (Å²) in [6.07, 6.45) is 1.80. The van der Waals surface area contributed by atoms with Crippen LogP contribution in [0.15, 0.2) is 60.1 Å². The molecule has 0 unspecified atom stereocenters. The zero-order valence-corrected chi connectivity index (χ0v) is 17.2. The van der Waals surface area contributed by atoms with Gasteiger partial charge in [-0.1, -0.05) is 12.1 Å². The first kappa shape index (κ1) is 18.9. The minimum absolute atomic E-state index is 0.259. The van der Waals surface area contributed by atoms with E-state index < -0.39 is 0 Å². The van der Waals surface area contributed by atoms with Crippen molar-refractivity contribution in [2.45, 2.75) is 6.92 Å². The Hall–Kier alpha value is -3.45. The quantitative estimate of drug-likeness (QED) is 0.520. The predicted molar refractivity (Wildman–Crippen MR) is 115 cm³/mol. The summed E-state index contributed by atoms with van der Waals surface area (Å²) in [6.45, 7) is 2.05. The van der Waals surface area contributed by atoms with Gasteiger partial charge in [-0.15, -0.1) is 11.3 Å². The fraction of sp³-hybridized carbons (Fsp3) is 0.136. The molecule has 0 spiro atoms. The number of ether oxygens (including phenoxy) is 1. The van der Waals surface area contributed by atoms with E-state index >= 15 is 0 Å². The van der Waals surface area contributed by atoms with Gasteiger partial charge < -0.3 is 10.1 Å². The highest BCUT2D eigenvalue weighted by molar-refractivity contribution is 7.13. The molecule has 2 aromatic heterocycles. The number of anilines is 1. The van der Waals surface area contributed by atoms with Crippen molar-refractivity contribution in [1.82, 2.24) is 14.8 Å². The molecular formula is C22H20N4O2S. The van der Waals surface area contributed by atoms with Gasteiger partial charge in [-0.3, -0.25) is 9.48 Å². The number of carbonyl (C=O) groups excluding carboxylic acids is 1. The third-order valence-electron chi connectivity index (χ3n) is 4.65. The SMILES string of the molecule is COc1ccc(NC(=O)c2cc(-c3cc(-c4nccs4)ccc3C)n(C)n2)cc1. The monoisotopic (exact) mass is 404 g/mol. The highest BCUT2D eigenvalue weighted by Gasteiger charge is 2.16. The molecule has 0 aliphatic rings. The summed E-state index contributed by atoms with van der Waals surface area (Å²) >= 11 is 1.60. The lowest BCUT2D eigenvalue weighted by Gasteiger charge is -2.08. The molecule has 0 aliphatic carbocycles. The average molecular weight is 404 g/mol. The van der Waals surface area contributed by atoms with Crippen LogP contribution in [0.1, 0.15) is 16.1 Å². The van der Waals surface area contributed by atoms with Crippen molar-refractivity contribution in [3.05, 3.63) is 71.4 Å². The van der Waals surface area contributed by atoms with Crippen LogP contribution in [-0.4, -0.2) is 27.8 Å². The van der Waals surface area contributed by atoms with E-state index in [9.17, 15) is 4.79 Å². The third kappa shape index (κ3) is 3.90. The van der Waals surface area contributed by atoms with E-state index in [0.717, 1.165) is 33.1 Å². The summed E-state index contributed by atoms with van der Waals surface area (Å²) in [5.74, 6) is 0.476. The number of thiazole rings is 1. The number of hydrogen-bond donors (Lipinski definition) is 1. The molecule has 2 aromatic carbocycles. The smallest absolute Gasteiger partial charge is 0.276 e. The van der Waals surface area contributed by atoms with Crippen LogP contribution in [0.3, 0.4) is 0 Å². The molecule has 0 radical (unpaired) electrons. The van der Waals surface area contributed by atoms with Gasteiger partial charge in [-0.05, 0) is 48.9 Å². The van der Waals surface area contributed by atoms with Crippen LogP contribution in [0.2, 0.25) is 0 Å². The molecule has 0 bridgehead atoms. The Morgan fingerprint density at radius 3 is 2.62 bits per heavy atom. The normalized spacial score (nSPS) is 10.7. The van der Waals surface area contributed by atoms with Crippen molar-refractivity contribution in [3.8, 4) is 27.6 Å². The molecule has 7 heteroatoms. The number of nitrogens with one attached hydrogen (secondary N) is 1. The lowest BCUT2D eigenvalue weighted by Crippen LogP contribution is -2.12. The van der Waals surface area contributed by atoms with E-state index in [2.05, 4.69) is 33.6 Å². The highest BCUT2D eigenvalue weighted by Crippen LogP contribution is 2.30. The lowest BCUT2D eigenvalue weighted by atomic mass is 10.0. The summed E-state index contributed by atoms with van der Waals surface area (Å²) < 4.78 is 6.88. The lowest BCUT2D eigenvalue weighted by molar-refractivity contribution is 0.102. The van der Waals surface area contributed by atoms with Gasteiger partial charge >= 0.3 is 0 Å².